The van der Waals surface area contributed by atoms with Crippen molar-refractivity contribution in [1.29, 1.82) is 0 Å². The lowest BCUT2D eigenvalue weighted by molar-refractivity contribution is -0.138. The molecule has 3 heteroatoms. The third kappa shape index (κ3) is 5.04. The Balaban J connectivity index is 1.58. The van der Waals surface area contributed by atoms with Crippen molar-refractivity contribution in [3.8, 4) is 0 Å². The standard InChI is InChI=1S/C27H27NO2/c29-26(30)19-20-8-7-13-24(18-20)21-14-16-25(17-15-21)28-27(22-9-3-1-4-10-22)23-11-5-2-6-12-23/h1-6,9-12,14-17,20,24H,7-8,13,18-19H2,(H,29,30). The van der Waals surface area contributed by atoms with Gasteiger partial charge in [-0.15, -0.1) is 0 Å². The van der Waals surface area contributed by atoms with Gasteiger partial charge in [0.1, 0.15) is 0 Å². The molecule has 0 radical (unpaired) electrons. The first-order valence-corrected chi connectivity index (χ1v) is 10.7. The molecule has 0 aliphatic heterocycles. The SMILES string of the molecule is O=C(O)CC1CCCC(c2ccc(N=C(c3ccccc3)c3ccccc3)cc2)C1. The number of aliphatic imine (C=N–C) groups is 1. The molecule has 3 aromatic rings. The minimum absolute atomic E-state index is 0.288. The van der Waals surface area contributed by atoms with Crippen LogP contribution in [0, 0.1) is 5.92 Å². The largest absolute Gasteiger partial charge is 0.481 e. The maximum atomic E-state index is 11.1. The minimum atomic E-state index is -0.681. The van der Waals surface area contributed by atoms with Crippen molar-refractivity contribution in [1.82, 2.24) is 0 Å². The fraction of sp³-hybridized carbons (Fsp3) is 0.259. The Morgan fingerprint density at radius 3 is 2.00 bits per heavy atom. The normalized spacial score (nSPS) is 18.5. The average molecular weight is 398 g/mol. The summed E-state index contributed by atoms with van der Waals surface area (Å²) >= 11 is 0. The molecule has 2 unspecified atom stereocenters. The second kappa shape index (κ2) is 9.53. The Hall–Kier alpha value is -3.20. The molecule has 0 saturated heterocycles. The van der Waals surface area contributed by atoms with Crippen molar-refractivity contribution >= 4 is 17.4 Å². The Bertz CT molecular complexity index is 953. The van der Waals surface area contributed by atoms with Crippen LogP contribution in [0.3, 0.4) is 0 Å². The van der Waals surface area contributed by atoms with Gasteiger partial charge in [0, 0.05) is 17.5 Å². The predicted molar refractivity (Wildman–Crippen MR) is 122 cm³/mol. The van der Waals surface area contributed by atoms with Crippen LogP contribution in [0.4, 0.5) is 5.69 Å². The van der Waals surface area contributed by atoms with Crippen molar-refractivity contribution in [2.24, 2.45) is 10.9 Å². The first-order valence-electron chi connectivity index (χ1n) is 10.7. The van der Waals surface area contributed by atoms with E-state index in [9.17, 15) is 4.79 Å². The summed E-state index contributed by atoms with van der Waals surface area (Å²) in [7, 11) is 0. The molecule has 1 aliphatic rings. The predicted octanol–water partition coefficient (Wildman–Crippen LogP) is 6.60. The maximum absolute atomic E-state index is 11.1. The van der Waals surface area contributed by atoms with Crippen LogP contribution in [0.1, 0.15) is 54.7 Å². The van der Waals surface area contributed by atoms with Gasteiger partial charge in [-0.3, -0.25) is 4.79 Å². The van der Waals surface area contributed by atoms with Gasteiger partial charge in [0.2, 0.25) is 0 Å². The number of benzene rings is 3. The van der Waals surface area contributed by atoms with Crippen LogP contribution in [0.2, 0.25) is 0 Å². The number of carboxylic acid groups (broad SMARTS) is 1. The quantitative estimate of drug-likeness (QED) is 0.476. The zero-order valence-corrected chi connectivity index (χ0v) is 17.1. The number of nitrogens with zero attached hydrogens (tertiary/aromatic N) is 1. The number of hydrogen-bond acceptors (Lipinski definition) is 2. The number of aliphatic carboxylic acids is 1. The molecule has 0 bridgehead atoms. The highest BCUT2D eigenvalue weighted by Crippen LogP contribution is 2.38. The fourth-order valence-electron chi connectivity index (χ4n) is 4.46. The molecule has 2 atom stereocenters. The third-order valence-corrected chi connectivity index (χ3v) is 5.95. The summed E-state index contributed by atoms with van der Waals surface area (Å²) in [6, 6.07) is 29.0. The third-order valence-electron chi connectivity index (χ3n) is 5.95. The molecule has 4 rings (SSSR count). The van der Waals surface area contributed by atoms with Crippen LogP contribution in [0.15, 0.2) is 89.9 Å². The highest BCUT2D eigenvalue weighted by molar-refractivity contribution is 6.13. The van der Waals surface area contributed by atoms with Crippen molar-refractivity contribution < 1.29 is 9.90 Å². The van der Waals surface area contributed by atoms with Crippen LogP contribution in [0.25, 0.3) is 0 Å². The Kier molecular flexibility index (Phi) is 6.38. The zero-order valence-electron chi connectivity index (χ0n) is 17.1. The molecule has 1 aliphatic carbocycles. The van der Waals surface area contributed by atoms with E-state index in [0.29, 0.717) is 11.8 Å². The molecule has 1 N–H and O–H groups in total. The summed E-state index contributed by atoms with van der Waals surface area (Å²) in [4.78, 5) is 16.1. The second-order valence-electron chi connectivity index (χ2n) is 8.11. The van der Waals surface area contributed by atoms with E-state index in [2.05, 4.69) is 48.5 Å². The zero-order chi connectivity index (χ0) is 20.8. The number of hydrogen-bond donors (Lipinski definition) is 1. The number of carbonyl (C=O) groups is 1. The lowest BCUT2D eigenvalue weighted by Gasteiger charge is -2.28. The number of rotatable bonds is 6. The smallest absolute Gasteiger partial charge is 0.303 e. The van der Waals surface area contributed by atoms with Crippen LogP contribution in [0.5, 0.6) is 0 Å². The molecule has 0 amide bonds. The van der Waals surface area contributed by atoms with Gasteiger partial charge in [-0.2, -0.15) is 0 Å². The van der Waals surface area contributed by atoms with Gasteiger partial charge in [0.15, 0.2) is 0 Å². The molecular weight excluding hydrogens is 370 g/mol. The summed E-state index contributed by atoms with van der Waals surface area (Å²) < 4.78 is 0. The molecule has 0 heterocycles. The van der Waals surface area contributed by atoms with E-state index in [-0.39, 0.29) is 6.42 Å². The Labute approximate surface area is 178 Å². The highest BCUT2D eigenvalue weighted by Gasteiger charge is 2.24. The first-order chi connectivity index (χ1) is 14.7. The van der Waals surface area contributed by atoms with Crippen LogP contribution < -0.4 is 0 Å². The van der Waals surface area contributed by atoms with E-state index in [0.717, 1.165) is 48.2 Å². The van der Waals surface area contributed by atoms with Gasteiger partial charge in [0.05, 0.1) is 11.4 Å². The summed E-state index contributed by atoms with van der Waals surface area (Å²) in [5.74, 6) is 0.0604. The first kappa shape index (κ1) is 20.1. The molecular formula is C27H27NO2. The average Bonchev–Trinajstić information content (AvgIpc) is 2.79. The van der Waals surface area contributed by atoms with E-state index in [4.69, 9.17) is 10.1 Å². The molecule has 0 spiro atoms. The van der Waals surface area contributed by atoms with Gasteiger partial charge in [-0.05, 0) is 48.8 Å². The summed E-state index contributed by atoms with van der Waals surface area (Å²) in [6.07, 6.45) is 4.53. The van der Waals surface area contributed by atoms with E-state index >= 15 is 0 Å². The second-order valence-corrected chi connectivity index (χ2v) is 8.11. The monoisotopic (exact) mass is 397 g/mol. The lowest BCUT2D eigenvalue weighted by atomic mass is 9.77. The molecule has 1 saturated carbocycles. The number of carboxylic acids is 1. The Morgan fingerprint density at radius 2 is 1.43 bits per heavy atom. The van der Waals surface area contributed by atoms with Crippen LogP contribution >= 0.6 is 0 Å². The van der Waals surface area contributed by atoms with Crippen molar-refractivity contribution in [2.45, 2.75) is 38.0 Å². The van der Waals surface area contributed by atoms with Gasteiger partial charge in [-0.1, -0.05) is 79.2 Å². The van der Waals surface area contributed by atoms with E-state index in [1.54, 1.807) is 0 Å². The lowest BCUT2D eigenvalue weighted by Crippen LogP contribution is -2.17. The minimum Gasteiger partial charge on any atom is -0.481 e. The van der Waals surface area contributed by atoms with Gasteiger partial charge < -0.3 is 5.11 Å². The molecule has 3 aromatic carbocycles. The van der Waals surface area contributed by atoms with E-state index in [1.165, 1.54) is 5.56 Å². The van der Waals surface area contributed by atoms with Crippen LogP contribution in [-0.4, -0.2) is 16.8 Å². The fourth-order valence-corrected chi connectivity index (χ4v) is 4.46. The van der Waals surface area contributed by atoms with Gasteiger partial charge >= 0.3 is 5.97 Å². The molecule has 30 heavy (non-hydrogen) atoms. The van der Waals surface area contributed by atoms with E-state index in [1.807, 2.05) is 36.4 Å². The maximum Gasteiger partial charge on any atom is 0.303 e. The van der Waals surface area contributed by atoms with Gasteiger partial charge in [0.25, 0.3) is 0 Å². The van der Waals surface area contributed by atoms with E-state index < -0.39 is 5.97 Å². The molecule has 3 nitrogen and oxygen atoms in total. The topological polar surface area (TPSA) is 49.7 Å². The highest BCUT2D eigenvalue weighted by atomic mass is 16.4. The van der Waals surface area contributed by atoms with Crippen LogP contribution in [-0.2, 0) is 4.79 Å². The molecule has 0 aromatic heterocycles. The van der Waals surface area contributed by atoms with Crippen molar-refractivity contribution in [2.75, 3.05) is 0 Å². The summed E-state index contributed by atoms with van der Waals surface area (Å²) in [5.41, 5.74) is 5.38. The Morgan fingerprint density at radius 1 is 0.833 bits per heavy atom. The molecule has 152 valence electrons. The van der Waals surface area contributed by atoms with Crippen molar-refractivity contribution in [3.05, 3.63) is 102 Å². The van der Waals surface area contributed by atoms with Crippen molar-refractivity contribution in [3.63, 3.8) is 0 Å². The molecule has 1 fully saturated rings. The summed E-state index contributed by atoms with van der Waals surface area (Å²) in [6.45, 7) is 0. The van der Waals surface area contributed by atoms with Gasteiger partial charge in [-0.25, -0.2) is 4.99 Å². The summed E-state index contributed by atoms with van der Waals surface area (Å²) in [5, 5.41) is 9.12.